The third-order valence-corrected chi connectivity index (χ3v) is 2.60. The topological polar surface area (TPSA) is 69.2 Å². The van der Waals surface area contributed by atoms with Crippen molar-refractivity contribution < 1.29 is 24.4 Å². The number of methoxy groups -OCH3 is 1. The molecule has 2 N–H and O–H groups in total. The van der Waals surface area contributed by atoms with Gasteiger partial charge in [-0.05, 0) is 31.2 Å². The molecule has 0 unspecified atom stereocenters. The van der Waals surface area contributed by atoms with Crippen LogP contribution >= 0.6 is 0 Å². The molecular weight excluding hydrogens is 246 g/mol. The van der Waals surface area contributed by atoms with Gasteiger partial charge >= 0.3 is 5.97 Å². The average molecular weight is 266 g/mol. The molecule has 0 aliphatic rings. The molecule has 0 fully saturated rings. The number of nitrogens with two attached hydrogens (primary N) is 1. The molecule has 5 heteroatoms. The van der Waals surface area contributed by atoms with Gasteiger partial charge in [0.25, 0.3) is 0 Å². The van der Waals surface area contributed by atoms with E-state index < -0.39 is 0 Å². The van der Waals surface area contributed by atoms with Gasteiger partial charge in [-0.15, -0.1) is 0 Å². The van der Waals surface area contributed by atoms with Crippen LogP contribution in [-0.2, 0) is 9.53 Å². The average Bonchev–Trinajstić information content (AvgIpc) is 2.44. The predicted octanol–water partition coefficient (Wildman–Crippen LogP) is 0.395. The van der Waals surface area contributed by atoms with Gasteiger partial charge in [0.2, 0.25) is 0 Å². The smallest absolute Gasteiger partial charge is 0.361 e. The highest BCUT2D eigenvalue weighted by Gasteiger charge is 2.08. The predicted molar refractivity (Wildman–Crippen MR) is 70.2 cm³/mol. The zero-order valence-electron chi connectivity index (χ0n) is 11.3. The van der Waals surface area contributed by atoms with Gasteiger partial charge in [-0.3, -0.25) is 4.79 Å². The molecule has 1 rings (SSSR count). The number of carbonyl (C=O) groups excluding carboxylic acids is 2. The minimum atomic E-state index is -0.251. The summed E-state index contributed by atoms with van der Waals surface area (Å²) in [6, 6.07) is 7.00. The zero-order valence-corrected chi connectivity index (χ0v) is 11.3. The van der Waals surface area contributed by atoms with E-state index in [1.54, 1.807) is 43.6 Å². The Morgan fingerprint density at radius 3 is 2.47 bits per heavy atom. The summed E-state index contributed by atoms with van der Waals surface area (Å²) in [6.07, 6.45) is 0.395. The summed E-state index contributed by atoms with van der Waals surface area (Å²) in [6.45, 7) is 2.98. The lowest BCUT2D eigenvalue weighted by atomic mass is 10.1. The molecule has 0 radical (unpaired) electrons. The van der Waals surface area contributed by atoms with Gasteiger partial charge in [-0.1, -0.05) is 0 Å². The van der Waals surface area contributed by atoms with Gasteiger partial charge in [0.15, 0.2) is 12.3 Å². The Hall–Kier alpha value is -1.88. The van der Waals surface area contributed by atoms with Gasteiger partial charge in [0, 0.05) is 5.56 Å². The largest absolute Gasteiger partial charge is 0.497 e. The molecular formula is C14H20NO4+. The summed E-state index contributed by atoms with van der Waals surface area (Å²) in [5.41, 5.74) is 0.658. The van der Waals surface area contributed by atoms with Crippen molar-refractivity contribution in [2.45, 2.75) is 13.3 Å². The first kappa shape index (κ1) is 15.2. The Balaban J connectivity index is 2.29. The van der Waals surface area contributed by atoms with Crippen molar-refractivity contribution in [3.63, 3.8) is 0 Å². The fourth-order valence-corrected chi connectivity index (χ4v) is 1.59. The van der Waals surface area contributed by atoms with Gasteiger partial charge in [0.05, 0.1) is 26.7 Å². The molecule has 0 aliphatic carbocycles. The van der Waals surface area contributed by atoms with Crippen LogP contribution in [0.2, 0.25) is 0 Å². The summed E-state index contributed by atoms with van der Waals surface area (Å²) in [5.74, 6) is 0.535. The first-order chi connectivity index (χ1) is 9.17. The van der Waals surface area contributed by atoms with Crippen molar-refractivity contribution in [2.24, 2.45) is 0 Å². The number of ketones is 1. The lowest BCUT2D eigenvalue weighted by Gasteiger charge is -2.03. The van der Waals surface area contributed by atoms with E-state index in [4.69, 9.17) is 9.47 Å². The van der Waals surface area contributed by atoms with Crippen molar-refractivity contribution in [2.75, 3.05) is 26.8 Å². The minimum absolute atomic E-state index is 0.0581. The number of esters is 1. The van der Waals surface area contributed by atoms with Crippen molar-refractivity contribution in [1.82, 2.24) is 0 Å². The van der Waals surface area contributed by atoms with E-state index >= 15 is 0 Å². The molecule has 0 atom stereocenters. The van der Waals surface area contributed by atoms with Crippen LogP contribution in [0.25, 0.3) is 0 Å². The van der Waals surface area contributed by atoms with Crippen molar-refractivity contribution in [3.8, 4) is 5.75 Å². The molecule has 0 saturated heterocycles. The van der Waals surface area contributed by atoms with Crippen molar-refractivity contribution >= 4 is 11.8 Å². The van der Waals surface area contributed by atoms with Crippen LogP contribution in [0.3, 0.4) is 0 Å². The summed E-state index contributed by atoms with van der Waals surface area (Å²) in [5, 5.41) is 1.78. The number of benzene rings is 1. The van der Waals surface area contributed by atoms with Crippen LogP contribution in [0.1, 0.15) is 23.7 Å². The minimum Gasteiger partial charge on any atom is -0.497 e. The SMILES string of the molecule is CCOC(=O)C[NH2+]CCC(=O)c1ccc(OC)cc1. The maximum absolute atomic E-state index is 11.8. The number of rotatable bonds is 8. The van der Waals surface area contributed by atoms with Crippen LogP contribution in [0.4, 0.5) is 0 Å². The van der Waals surface area contributed by atoms with E-state index in [-0.39, 0.29) is 18.3 Å². The second kappa shape index (κ2) is 8.26. The summed E-state index contributed by atoms with van der Waals surface area (Å²) >= 11 is 0. The van der Waals surface area contributed by atoms with Crippen LogP contribution in [-0.4, -0.2) is 38.6 Å². The Bertz CT molecular complexity index is 414. The Morgan fingerprint density at radius 1 is 1.21 bits per heavy atom. The molecule has 0 heterocycles. The Labute approximate surface area is 112 Å². The second-order valence-corrected chi connectivity index (χ2v) is 3.99. The first-order valence-electron chi connectivity index (χ1n) is 6.32. The number of ether oxygens (including phenoxy) is 2. The molecule has 0 amide bonds. The van der Waals surface area contributed by atoms with Gasteiger partial charge < -0.3 is 14.8 Å². The third kappa shape index (κ3) is 5.52. The standard InChI is InChI=1S/C14H19NO4/c1-3-19-14(17)10-15-9-8-13(16)11-4-6-12(18-2)7-5-11/h4-7,15H,3,8-10H2,1-2H3/p+1. The molecule has 0 aliphatic heterocycles. The molecule has 0 saturated carbocycles. The Kier molecular flexibility index (Phi) is 6.60. The van der Waals surface area contributed by atoms with Crippen LogP contribution < -0.4 is 10.1 Å². The van der Waals surface area contributed by atoms with E-state index in [0.717, 1.165) is 5.75 Å². The summed E-state index contributed by atoms with van der Waals surface area (Å²) in [7, 11) is 1.58. The fraction of sp³-hybridized carbons (Fsp3) is 0.429. The zero-order chi connectivity index (χ0) is 14.1. The van der Waals surface area contributed by atoms with E-state index in [0.29, 0.717) is 25.1 Å². The normalized spacial score (nSPS) is 10.0. The highest BCUT2D eigenvalue weighted by Crippen LogP contribution is 2.12. The molecule has 19 heavy (non-hydrogen) atoms. The molecule has 104 valence electrons. The first-order valence-corrected chi connectivity index (χ1v) is 6.32. The molecule has 1 aromatic carbocycles. The molecule has 0 bridgehead atoms. The number of quaternary nitrogens is 1. The maximum Gasteiger partial charge on any atom is 0.361 e. The lowest BCUT2D eigenvalue weighted by molar-refractivity contribution is -0.644. The maximum atomic E-state index is 11.8. The summed E-state index contributed by atoms with van der Waals surface area (Å²) < 4.78 is 9.82. The quantitative estimate of drug-likeness (QED) is 0.420. The van der Waals surface area contributed by atoms with Crippen molar-refractivity contribution in [3.05, 3.63) is 29.8 Å². The molecule has 5 nitrogen and oxygen atoms in total. The lowest BCUT2D eigenvalue weighted by Crippen LogP contribution is -2.86. The number of hydrogen-bond donors (Lipinski definition) is 1. The molecule has 0 aromatic heterocycles. The third-order valence-electron chi connectivity index (χ3n) is 2.60. The van der Waals surface area contributed by atoms with Gasteiger partial charge in [-0.25, -0.2) is 4.79 Å². The van der Waals surface area contributed by atoms with E-state index in [1.807, 2.05) is 0 Å². The Morgan fingerprint density at radius 2 is 1.89 bits per heavy atom. The van der Waals surface area contributed by atoms with E-state index in [1.165, 1.54) is 0 Å². The van der Waals surface area contributed by atoms with Crippen LogP contribution in [0.15, 0.2) is 24.3 Å². The molecule has 1 aromatic rings. The fourth-order valence-electron chi connectivity index (χ4n) is 1.59. The summed E-state index contributed by atoms with van der Waals surface area (Å²) in [4.78, 5) is 22.9. The monoisotopic (exact) mass is 266 g/mol. The van der Waals surface area contributed by atoms with Crippen LogP contribution in [0, 0.1) is 0 Å². The second-order valence-electron chi connectivity index (χ2n) is 3.99. The number of hydrogen-bond acceptors (Lipinski definition) is 4. The van der Waals surface area contributed by atoms with Gasteiger partial charge in [-0.2, -0.15) is 0 Å². The number of Topliss-reactive ketones (excluding diaryl/α,β-unsaturated/α-hetero) is 1. The highest BCUT2D eigenvalue weighted by molar-refractivity contribution is 5.96. The van der Waals surface area contributed by atoms with E-state index in [9.17, 15) is 9.59 Å². The highest BCUT2D eigenvalue weighted by atomic mass is 16.5. The van der Waals surface area contributed by atoms with Crippen molar-refractivity contribution in [1.29, 1.82) is 0 Å². The van der Waals surface area contributed by atoms with Crippen LogP contribution in [0.5, 0.6) is 5.75 Å². The molecule has 0 spiro atoms. The van der Waals surface area contributed by atoms with E-state index in [2.05, 4.69) is 0 Å². The van der Waals surface area contributed by atoms with Gasteiger partial charge in [0.1, 0.15) is 5.75 Å². The number of carbonyl (C=O) groups is 2.